The molecular formula is C98H145BrFN20O13P3. The first-order chi connectivity index (χ1) is 65.8. The zero-order valence-electron chi connectivity index (χ0n) is 82.8. The minimum atomic E-state index is -3.57. The lowest BCUT2D eigenvalue weighted by Gasteiger charge is -2.33. The van der Waals surface area contributed by atoms with Crippen molar-refractivity contribution in [3.05, 3.63) is 221 Å². The average Bonchev–Trinajstić information content (AvgIpc) is 1.73. The van der Waals surface area contributed by atoms with E-state index in [1.165, 1.54) is 102 Å². The van der Waals surface area contributed by atoms with Gasteiger partial charge in [0.25, 0.3) is 0 Å². The zero-order valence-corrected chi connectivity index (χ0v) is 86.0. The van der Waals surface area contributed by atoms with Gasteiger partial charge in [0.15, 0.2) is 0 Å². The molecule has 5 aliphatic heterocycles. The molecule has 0 radical (unpaired) electrons. The number of H-pyrrole nitrogens is 1. The van der Waals surface area contributed by atoms with Crippen LogP contribution in [0.3, 0.4) is 0 Å². The molecule has 5 aliphatic rings. The Morgan fingerprint density at radius 3 is 1.36 bits per heavy atom. The van der Waals surface area contributed by atoms with E-state index in [0.717, 1.165) is 99.6 Å². The first-order valence-electron chi connectivity index (χ1n) is 47.3. The van der Waals surface area contributed by atoms with Gasteiger partial charge in [-0.1, -0.05) is 157 Å². The fourth-order valence-electron chi connectivity index (χ4n) is 15.5. The van der Waals surface area contributed by atoms with Crippen molar-refractivity contribution >= 4 is 101 Å². The molecule has 9 aromatic rings. The quantitative estimate of drug-likeness (QED) is 0.0117. The van der Waals surface area contributed by atoms with Crippen molar-refractivity contribution in [1.29, 1.82) is 0 Å². The lowest BCUT2D eigenvalue weighted by atomic mass is 10.00. The lowest BCUT2D eigenvalue weighted by Crippen LogP contribution is -2.38. The molecule has 4 aromatic carbocycles. The second kappa shape index (κ2) is 63.0. The Balaban J connectivity index is 0.000000288. The normalized spacial score (nSPS) is 18.6. The Labute approximate surface area is 814 Å². The number of hydrogen-bond acceptors (Lipinski definition) is 25. The number of rotatable bonds is 31. The number of nitrogens with one attached hydrogen (secondary N) is 1. The number of carbonyl (C=O) groups excluding carboxylic acids is 1. The number of ether oxygens (including phenoxy) is 2. The summed E-state index contributed by atoms with van der Waals surface area (Å²) in [5.41, 5.74) is 21.8. The summed E-state index contributed by atoms with van der Waals surface area (Å²) < 4.78 is 83.1. The lowest BCUT2D eigenvalue weighted by molar-refractivity contribution is -0.132. The van der Waals surface area contributed by atoms with Gasteiger partial charge in [0, 0.05) is 132 Å². The monoisotopic (exact) mass is 2000 g/mol. The van der Waals surface area contributed by atoms with Crippen LogP contribution in [-0.4, -0.2) is 239 Å². The molecule has 5 aromatic heterocycles. The number of anilines is 4. The van der Waals surface area contributed by atoms with Crippen LogP contribution >= 0.6 is 38.7 Å². The van der Waals surface area contributed by atoms with E-state index in [4.69, 9.17) is 68.6 Å². The van der Waals surface area contributed by atoms with Gasteiger partial charge in [-0.25, -0.2) is 35.7 Å². The fraction of sp³-hybridized carbons (Fsp3) is 0.510. The number of allylic oxidation sites excluding steroid dienone is 3. The zero-order chi connectivity index (χ0) is 101. The van der Waals surface area contributed by atoms with E-state index in [1.54, 1.807) is 84.2 Å². The molecule has 0 aliphatic carbocycles. The van der Waals surface area contributed by atoms with Crippen molar-refractivity contribution in [1.82, 2.24) is 69.3 Å². The van der Waals surface area contributed by atoms with E-state index in [1.807, 2.05) is 32.2 Å². The fourth-order valence-corrected chi connectivity index (χ4v) is 25.0. The highest BCUT2D eigenvalue weighted by atomic mass is 79.9. The summed E-state index contributed by atoms with van der Waals surface area (Å²) in [6, 6.07) is 33.1. The van der Waals surface area contributed by atoms with Crippen molar-refractivity contribution in [2.45, 2.75) is 198 Å². The van der Waals surface area contributed by atoms with Crippen molar-refractivity contribution in [3.8, 4) is 12.0 Å². The third kappa shape index (κ3) is 39.9. The molecule has 1 amide bonds. The second-order valence-corrected chi connectivity index (χ2v) is 40.3. The number of fused-ring (bicyclic) bond motifs is 4. The number of likely N-dealkylation sites (N-methyl/N-ethyl adjacent to an activating group) is 3. The molecule has 0 spiro atoms. The smallest absolute Gasteiger partial charge is 0.345 e. The van der Waals surface area contributed by atoms with Crippen molar-refractivity contribution in [2.24, 2.45) is 5.92 Å². The van der Waals surface area contributed by atoms with Gasteiger partial charge in [-0.15, -0.1) is 0 Å². The molecule has 0 bridgehead atoms. The van der Waals surface area contributed by atoms with Gasteiger partial charge in [-0.3, -0.25) is 37.3 Å². The number of likely N-dealkylation sites (tertiary alicyclic amines) is 2. The molecule has 3 fully saturated rings. The summed E-state index contributed by atoms with van der Waals surface area (Å²) >= 11 is 3.03. The Morgan fingerprint density at radius 1 is 0.610 bits per heavy atom. The highest BCUT2D eigenvalue weighted by molar-refractivity contribution is 9.09. The number of amides is 1. The molecule has 10 heterocycles. The van der Waals surface area contributed by atoms with E-state index < -0.39 is 41.9 Å². The number of aryl methyl sites for hydroxylation is 2. The number of aromatic nitrogens is 10. The van der Waals surface area contributed by atoms with Crippen LogP contribution in [0.2, 0.25) is 0 Å². The minimum Gasteiger partial charge on any atom is -0.478 e. The van der Waals surface area contributed by atoms with Crippen LogP contribution in [-0.2, 0) is 80.0 Å². The molecule has 33 nitrogen and oxygen atoms in total. The van der Waals surface area contributed by atoms with Crippen molar-refractivity contribution < 1.29 is 66.5 Å². The number of alkyl halides is 2. The number of hydrogen-bond donors (Lipinski definition) is 5. The predicted molar refractivity (Wildman–Crippen MR) is 547 cm³/mol. The second-order valence-electron chi connectivity index (χ2n) is 32.7. The van der Waals surface area contributed by atoms with Gasteiger partial charge in [0.05, 0.1) is 64.6 Å². The predicted octanol–water partition coefficient (Wildman–Crippen LogP) is 19.8. The van der Waals surface area contributed by atoms with Crippen LogP contribution < -0.4 is 30.7 Å². The van der Waals surface area contributed by atoms with Crippen LogP contribution in [0.4, 0.5) is 27.4 Å². The van der Waals surface area contributed by atoms with Crippen molar-refractivity contribution in [2.75, 3.05) is 145 Å². The number of carbonyl (C=O) groups is 3. The van der Waals surface area contributed by atoms with Crippen molar-refractivity contribution in [3.63, 3.8) is 0 Å². The van der Waals surface area contributed by atoms with Gasteiger partial charge in [0.1, 0.15) is 30.9 Å². The summed E-state index contributed by atoms with van der Waals surface area (Å²) in [7, 11) is -7.41. The van der Waals surface area contributed by atoms with E-state index in [9.17, 15) is 32.5 Å². The van der Waals surface area contributed by atoms with E-state index in [2.05, 4.69) is 216 Å². The molecular weight excluding hydrogens is 1860 g/mol. The highest BCUT2D eigenvalue weighted by Crippen LogP contribution is 2.82. The summed E-state index contributed by atoms with van der Waals surface area (Å²) in [5.74, 6) is -0.165. The van der Waals surface area contributed by atoms with Crippen LogP contribution in [0.15, 0.2) is 165 Å². The van der Waals surface area contributed by atoms with Gasteiger partial charge < -0.3 is 70.2 Å². The van der Waals surface area contributed by atoms with E-state index >= 15 is 0 Å². The Bertz CT molecular complexity index is 5100. The number of benzene rings is 4. The molecule has 3 saturated heterocycles. The van der Waals surface area contributed by atoms with Crippen LogP contribution in [0.25, 0.3) is 31.2 Å². The molecule has 38 heteroatoms. The average molecular weight is 2000 g/mol. The third-order valence-corrected chi connectivity index (χ3v) is 31.8. The molecule has 0 unspecified atom stereocenters. The minimum absolute atomic E-state index is 0.0469. The maximum atomic E-state index is 12.3. The summed E-state index contributed by atoms with van der Waals surface area (Å²) in [6.07, 6.45) is 29.8. The maximum absolute atomic E-state index is 12.3. The number of halogens is 2. The first kappa shape index (κ1) is 114. The Kier molecular flexibility index (Phi) is 52.9. The third-order valence-electron chi connectivity index (χ3n) is 22.4. The first-order valence-corrected chi connectivity index (χ1v) is 52.9. The van der Waals surface area contributed by atoms with E-state index in [0.29, 0.717) is 112 Å². The van der Waals surface area contributed by atoms with Crippen LogP contribution in [0.1, 0.15) is 162 Å². The number of carboxylic acids is 2. The number of aliphatic carboxylic acids is 2. The molecule has 4 atom stereocenters. The van der Waals surface area contributed by atoms with Gasteiger partial charge in [-0.2, -0.15) is 35.2 Å². The number of carboxylic acid groups (broad SMARTS) is 2. The molecule has 136 heavy (non-hydrogen) atoms. The Morgan fingerprint density at radius 2 is 1.04 bits per heavy atom. The van der Waals surface area contributed by atoms with E-state index in [-0.39, 0.29) is 30.4 Å². The van der Waals surface area contributed by atoms with Crippen LogP contribution in [0, 0.1) is 32.9 Å². The number of nitrogens with two attached hydrogens (primary N) is 2. The summed E-state index contributed by atoms with van der Waals surface area (Å²) in [5, 5.41) is 36.1. The number of aromatic amines is 1. The maximum Gasteiger partial charge on any atom is 0.345 e. The number of nitrogens with zero attached hydrogens (tertiary/aromatic N) is 17. The molecule has 744 valence electrons. The summed E-state index contributed by atoms with van der Waals surface area (Å²) in [6.45, 7) is 50.8. The summed E-state index contributed by atoms with van der Waals surface area (Å²) in [4.78, 5) is 70.2. The topological polar surface area (TPSA) is 385 Å². The Hall–Kier alpha value is -10.5. The molecule has 0 saturated carbocycles. The van der Waals surface area contributed by atoms with Crippen LogP contribution in [0.5, 0.6) is 12.0 Å². The van der Waals surface area contributed by atoms with Gasteiger partial charge in [-0.05, 0) is 191 Å². The highest BCUT2D eigenvalue weighted by Gasteiger charge is 2.51. The largest absolute Gasteiger partial charge is 0.478 e. The van der Waals surface area contributed by atoms with Gasteiger partial charge >= 0.3 is 46.7 Å². The standard InChI is InChI=1S/2C24H29N5O.C13H18N4O.C9H21O6P3.C7H8N2O2.C7H13N.C6H15N.C4H5BrO2.C3H4N2.CH3F/c2*1-16-6-3-7-17-8-4-10-21(22(16)17)29-13-11-19-20(14-29)26-24(27-23(19)25)30-15-18-9-5-12-28(18)2;1-4-17(12(2)11-14-3)13(18)7-5-9-16-10-6-8-15-16;1-4-7-16(10)13-17(11,8-5-2)15-18(12,14-16)9-6-3;10-7(11)3-1-5-9-6-2-4-8-9;1-4-5-7(2)6-8-3;1-4-7(5-2)6-3;5-3-1-2-4(6)7;1-2-4-5-3-1;1-2/h2*3-4,6-8,10,18H,5,9,11-15H2,1-2H3,(H2,25,26,27);5-8,10,12H,4,9,11H2,1-2H3;4-9H2,1-3H3;1-4,6H,5H2,(H,10,11);7H,4-6H2,1-2H3;4-6H2,1-3H3;1-2H,3H2,(H,6,7);1-3H,(H,4,5);1H3/b;;7-5+;;3-1+;;;2-1+;;/t2*18-;12-;;;7-;;;;/m001..0..../s1/i;;;;;;;;;1D. The van der Waals surface area contributed by atoms with Gasteiger partial charge in [0.2, 0.25) is 19.0 Å². The molecule has 7 N–H and O–H groups in total. The number of nitrogen functional groups attached to an aromatic ring is 2. The molecule has 14 rings (SSSR count). The SMILES string of the molecule is CCCP1(=O)OP(=O)(CCC)OP(=O)(CCC)O1.CCN(CC)CC.Cc1cccc2cccc(N3CCc4c(N)nc(OC[C@@H]5CCCN5C)nc4C3)c12.Cc1cccc2cccc(N3CCc4c(N)nc(OC[C@@H]5CCCN5C)nc4C3)c12.O=C(O)/C=C/CBr.O=C(O)/C=C/Cn1cccn1.[2H]CF.[C-]#[N+]C[C@@H](C)CCC.[C-]#[N+]C[C@@H](C)N(CC)C(=O)/C=C/Cn1cccn1.c1cn[nH]c1.